The maximum atomic E-state index is 12.5. The lowest BCUT2D eigenvalue weighted by molar-refractivity contribution is -0.149. The van der Waals surface area contributed by atoms with E-state index in [4.69, 9.17) is 9.47 Å². The fraction of sp³-hybridized carbons (Fsp3) is 0.467. The maximum Gasteiger partial charge on any atom is 0.348 e. The Labute approximate surface area is 136 Å². The standard InChI is InChI=1S/C15H18N2O5S/c1-5-8(2)22-10(18)6-17-7-16-13-11(14(17)19)9(3)12(23-13)15(20)21-4/h7-8H,5-6H2,1-4H3/t8-/m0/s1. The summed E-state index contributed by atoms with van der Waals surface area (Å²) >= 11 is 1.10. The lowest BCUT2D eigenvalue weighted by Gasteiger charge is -2.11. The highest BCUT2D eigenvalue weighted by Gasteiger charge is 2.20. The number of hydrogen-bond donors (Lipinski definition) is 0. The zero-order valence-corrected chi connectivity index (χ0v) is 14.2. The third-order valence-electron chi connectivity index (χ3n) is 3.50. The molecule has 0 N–H and O–H groups in total. The van der Waals surface area contributed by atoms with Crippen molar-refractivity contribution >= 4 is 33.5 Å². The van der Waals surface area contributed by atoms with Gasteiger partial charge in [0.25, 0.3) is 5.56 Å². The van der Waals surface area contributed by atoms with Crippen LogP contribution in [0.1, 0.15) is 35.5 Å². The Morgan fingerprint density at radius 1 is 1.43 bits per heavy atom. The first-order valence-electron chi connectivity index (χ1n) is 7.15. The number of carbonyl (C=O) groups excluding carboxylic acids is 2. The van der Waals surface area contributed by atoms with Crippen LogP contribution in [0.25, 0.3) is 10.2 Å². The third kappa shape index (κ3) is 3.42. The number of hydrogen-bond acceptors (Lipinski definition) is 7. The normalized spacial score (nSPS) is 12.2. The summed E-state index contributed by atoms with van der Waals surface area (Å²) in [5.74, 6) is -1.00. The van der Waals surface area contributed by atoms with Crippen LogP contribution in [0.15, 0.2) is 11.1 Å². The second-order valence-corrected chi connectivity index (χ2v) is 6.11. The molecule has 0 aliphatic carbocycles. The first-order chi connectivity index (χ1) is 10.9. The highest BCUT2D eigenvalue weighted by atomic mass is 32.1. The molecule has 0 saturated carbocycles. The summed E-state index contributed by atoms with van der Waals surface area (Å²) in [6, 6.07) is 0. The molecule has 8 heteroatoms. The molecule has 0 spiro atoms. The molecule has 2 rings (SSSR count). The van der Waals surface area contributed by atoms with Crippen LogP contribution in [-0.2, 0) is 20.8 Å². The van der Waals surface area contributed by atoms with Crippen molar-refractivity contribution in [3.63, 3.8) is 0 Å². The average molecular weight is 338 g/mol. The van der Waals surface area contributed by atoms with Crippen molar-refractivity contribution in [1.82, 2.24) is 9.55 Å². The number of aromatic nitrogens is 2. The summed E-state index contributed by atoms with van der Waals surface area (Å²) in [5, 5.41) is 0.328. The topological polar surface area (TPSA) is 87.5 Å². The van der Waals surface area contributed by atoms with Crippen LogP contribution in [0.5, 0.6) is 0 Å². The van der Waals surface area contributed by atoms with Gasteiger partial charge < -0.3 is 9.47 Å². The highest BCUT2D eigenvalue weighted by molar-refractivity contribution is 7.20. The Balaban J connectivity index is 2.39. The number of aryl methyl sites for hydroxylation is 1. The number of nitrogens with zero attached hydrogens (tertiary/aromatic N) is 2. The van der Waals surface area contributed by atoms with Gasteiger partial charge in [0.05, 0.1) is 24.9 Å². The molecule has 1 atom stereocenters. The van der Waals surface area contributed by atoms with E-state index in [1.165, 1.54) is 18.0 Å². The molecule has 7 nitrogen and oxygen atoms in total. The van der Waals surface area contributed by atoms with Crippen molar-refractivity contribution in [2.24, 2.45) is 0 Å². The maximum absolute atomic E-state index is 12.5. The van der Waals surface area contributed by atoms with Gasteiger partial charge in [0, 0.05) is 0 Å². The van der Waals surface area contributed by atoms with Crippen molar-refractivity contribution in [3.05, 3.63) is 27.1 Å². The van der Waals surface area contributed by atoms with Gasteiger partial charge in [-0.15, -0.1) is 11.3 Å². The zero-order chi connectivity index (χ0) is 17.1. The number of methoxy groups -OCH3 is 1. The average Bonchev–Trinajstić information content (AvgIpc) is 2.86. The van der Waals surface area contributed by atoms with Crippen LogP contribution in [0.4, 0.5) is 0 Å². The van der Waals surface area contributed by atoms with E-state index >= 15 is 0 Å². The first-order valence-corrected chi connectivity index (χ1v) is 7.97. The van der Waals surface area contributed by atoms with Gasteiger partial charge in [-0.25, -0.2) is 9.78 Å². The van der Waals surface area contributed by atoms with Gasteiger partial charge >= 0.3 is 11.9 Å². The summed E-state index contributed by atoms with van der Waals surface area (Å²) < 4.78 is 11.1. The van der Waals surface area contributed by atoms with Crippen molar-refractivity contribution in [1.29, 1.82) is 0 Å². The van der Waals surface area contributed by atoms with Crippen LogP contribution in [0.2, 0.25) is 0 Å². The second kappa shape index (κ2) is 6.91. The zero-order valence-electron chi connectivity index (χ0n) is 13.4. The van der Waals surface area contributed by atoms with Crippen LogP contribution >= 0.6 is 11.3 Å². The summed E-state index contributed by atoms with van der Waals surface area (Å²) in [5.41, 5.74) is 0.138. The summed E-state index contributed by atoms with van der Waals surface area (Å²) in [4.78, 5) is 41.0. The molecular formula is C15H18N2O5S. The number of rotatable bonds is 5. The molecule has 124 valence electrons. The number of thiophene rings is 1. The SMILES string of the molecule is CC[C@H](C)OC(=O)Cn1cnc2sc(C(=O)OC)c(C)c2c1=O. The van der Waals surface area contributed by atoms with Gasteiger partial charge in [0.2, 0.25) is 0 Å². The van der Waals surface area contributed by atoms with Crippen LogP contribution in [0.3, 0.4) is 0 Å². The van der Waals surface area contributed by atoms with Crippen LogP contribution < -0.4 is 5.56 Å². The van der Waals surface area contributed by atoms with Gasteiger partial charge in [-0.05, 0) is 25.8 Å². The van der Waals surface area contributed by atoms with E-state index in [2.05, 4.69) is 4.98 Å². The molecule has 0 amide bonds. The smallest absolute Gasteiger partial charge is 0.348 e. The Morgan fingerprint density at radius 3 is 2.74 bits per heavy atom. The summed E-state index contributed by atoms with van der Waals surface area (Å²) in [7, 11) is 1.28. The Kier molecular flexibility index (Phi) is 5.15. The van der Waals surface area contributed by atoms with E-state index in [1.807, 2.05) is 6.92 Å². The molecule has 2 aromatic heterocycles. The summed E-state index contributed by atoms with van der Waals surface area (Å²) in [6.45, 7) is 5.14. The molecule has 0 unspecified atom stereocenters. The predicted molar refractivity (Wildman–Crippen MR) is 85.8 cm³/mol. The molecule has 0 aliphatic rings. The molecular weight excluding hydrogens is 320 g/mol. The minimum absolute atomic E-state index is 0.205. The Bertz CT molecular complexity index is 808. The Morgan fingerprint density at radius 2 is 2.13 bits per heavy atom. The third-order valence-corrected chi connectivity index (χ3v) is 4.67. The number of esters is 2. The van der Waals surface area contributed by atoms with Crippen molar-refractivity contribution in [2.75, 3.05) is 7.11 Å². The minimum Gasteiger partial charge on any atom is -0.465 e. The molecule has 23 heavy (non-hydrogen) atoms. The lowest BCUT2D eigenvalue weighted by atomic mass is 10.2. The fourth-order valence-electron chi connectivity index (χ4n) is 2.04. The van der Waals surface area contributed by atoms with Crippen LogP contribution in [0, 0.1) is 6.92 Å². The van der Waals surface area contributed by atoms with E-state index in [0.717, 1.165) is 11.3 Å². The summed E-state index contributed by atoms with van der Waals surface area (Å²) in [6.07, 6.45) is 1.78. The molecule has 2 aromatic rings. The monoisotopic (exact) mass is 338 g/mol. The van der Waals surface area contributed by atoms with Gasteiger partial charge in [-0.1, -0.05) is 6.92 Å². The molecule has 0 fully saturated rings. The lowest BCUT2D eigenvalue weighted by Crippen LogP contribution is -2.27. The van der Waals surface area contributed by atoms with Crippen molar-refractivity contribution < 1.29 is 19.1 Å². The molecule has 0 aliphatic heterocycles. The highest BCUT2D eigenvalue weighted by Crippen LogP contribution is 2.27. The Hall–Kier alpha value is -2.22. The number of ether oxygens (including phenoxy) is 2. The van der Waals surface area contributed by atoms with E-state index < -0.39 is 11.9 Å². The van der Waals surface area contributed by atoms with Gasteiger partial charge in [0.1, 0.15) is 16.3 Å². The van der Waals surface area contributed by atoms with Crippen molar-refractivity contribution in [3.8, 4) is 0 Å². The molecule has 0 bridgehead atoms. The quantitative estimate of drug-likeness (QED) is 0.774. The number of fused-ring (bicyclic) bond motifs is 1. The molecule has 0 aromatic carbocycles. The van der Waals surface area contributed by atoms with Gasteiger partial charge in [-0.2, -0.15) is 0 Å². The largest absolute Gasteiger partial charge is 0.465 e. The molecule has 0 saturated heterocycles. The van der Waals surface area contributed by atoms with E-state index in [9.17, 15) is 14.4 Å². The second-order valence-electron chi connectivity index (χ2n) is 5.11. The predicted octanol–water partition coefficient (Wildman–Crippen LogP) is 1.89. The van der Waals surface area contributed by atoms with Crippen molar-refractivity contribution in [2.45, 2.75) is 39.8 Å². The van der Waals surface area contributed by atoms with E-state index in [0.29, 0.717) is 27.1 Å². The molecule has 0 radical (unpaired) electrons. The minimum atomic E-state index is -0.507. The molecule has 2 heterocycles. The van der Waals surface area contributed by atoms with Gasteiger partial charge in [0.15, 0.2) is 0 Å². The van der Waals surface area contributed by atoms with Crippen LogP contribution in [-0.4, -0.2) is 34.7 Å². The fourth-order valence-corrected chi connectivity index (χ4v) is 3.10. The first kappa shape index (κ1) is 17.1. The van der Waals surface area contributed by atoms with Gasteiger partial charge in [-0.3, -0.25) is 14.2 Å². The van der Waals surface area contributed by atoms with E-state index in [1.54, 1.807) is 13.8 Å². The number of carbonyl (C=O) groups is 2. The van der Waals surface area contributed by atoms with E-state index in [-0.39, 0.29) is 18.2 Å².